The Morgan fingerprint density at radius 1 is 1.50 bits per heavy atom. The highest BCUT2D eigenvalue weighted by Crippen LogP contribution is 2.60. The van der Waals surface area contributed by atoms with E-state index in [1.807, 2.05) is 0 Å². The average molecular weight is 271 g/mol. The average Bonchev–Trinajstić information content (AvgIpc) is 2.48. The first-order valence-corrected chi connectivity index (χ1v) is 6.30. The van der Waals surface area contributed by atoms with Crippen molar-refractivity contribution in [2.75, 3.05) is 7.11 Å². The van der Waals surface area contributed by atoms with Crippen molar-refractivity contribution in [3.8, 4) is 11.8 Å². The van der Waals surface area contributed by atoms with Gasteiger partial charge >= 0.3 is 5.97 Å². The lowest BCUT2D eigenvalue weighted by Crippen LogP contribution is -2.70. The fourth-order valence-electron chi connectivity index (χ4n) is 3.28. The minimum Gasteiger partial charge on any atom is -0.486 e. The van der Waals surface area contributed by atoms with Gasteiger partial charge in [0.1, 0.15) is 11.9 Å². The van der Waals surface area contributed by atoms with Crippen LogP contribution >= 0.6 is 0 Å². The molecule has 3 rings (SSSR count). The number of nitriles is 1. The molecule has 1 heterocycles. The number of hydrogen-bond acceptors (Lipinski definition) is 5. The molecule has 3 atom stereocenters. The fourth-order valence-corrected chi connectivity index (χ4v) is 3.28. The summed E-state index contributed by atoms with van der Waals surface area (Å²) in [7, 11) is 1.24. The number of benzene rings is 1. The Labute approximate surface area is 116 Å². The van der Waals surface area contributed by atoms with E-state index in [0.29, 0.717) is 11.3 Å². The molecule has 102 valence electrons. The van der Waals surface area contributed by atoms with Crippen LogP contribution in [0.5, 0.6) is 5.75 Å². The molecule has 1 aliphatic carbocycles. The highest BCUT2D eigenvalue weighted by atomic mass is 16.5. The third-order valence-electron chi connectivity index (χ3n) is 4.26. The van der Waals surface area contributed by atoms with E-state index in [2.05, 4.69) is 6.07 Å². The molecule has 2 aliphatic rings. The molecule has 1 fully saturated rings. The molecule has 0 aromatic heterocycles. The van der Waals surface area contributed by atoms with Crippen molar-refractivity contribution in [2.45, 2.75) is 19.4 Å². The number of hydrogen-bond donors (Lipinski definition) is 0. The molecule has 0 amide bonds. The molecule has 1 aromatic carbocycles. The molecule has 1 saturated carbocycles. The zero-order valence-corrected chi connectivity index (χ0v) is 11.2. The molecular formula is C15H13NO4. The van der Waals surface area contributed by atoms with E-state index < -0.39 is 22.9 Å². The van der Waals surface area contributed by atoms with Crippen LogP contribution in [0.4, 0.5) is 0 Å². The van der Waals surface area contributed by atoms with E-state index in [1.54, 1.807) is 31.2 Å². The molecule has 5 heteroatoms. The molecule has 1 aliphatic heterocycles. The van der Waals surface area contributed by atoms with Gasteiger partial charge in [-0.25, -0.2) is 0 Å². The monoisotopic (exact) mass is 271 g/mol. The van der Waals surface area contributed by atoms with E-state index >= 15 is 0 Å². The maximum Gasteiger partial charge on any atom is 0.323 e. The molecule has 0 bridgehead atoms. The topological polar surface area (TPSA) is 76.4 Å². The molecule has 5 nitrogen and oxygen atoms in total. The van der Waals surface area contributed by atoms with Crippen LogP contribution in [0.25, 0.3) is 0 Å². The van der Waals surface area contributed by atoms with Gasteiger partial charge in [0.25, 0.3) is 0 Å². The third-order valence-corrected chi connectivity index (χ3v) is 4.26. The molecule has 20 heavy (non-hydrogen) atoms. The Morgan fingerprint density at radius 3 is 2.85 bits per heavy atom. The van der Waals surface area contributed by atoms with Gasteiger partial charge in [0.05, 0.1) is 24.2 Å². The number of fused-ring (bicyclic) bond motifs is 2. The summed E-state index contributed by atoms with van der Waals surface area (Å²) in [5.41, 5.74) is -1.88. The summed E-state index contributed by atoms with van der Waals surface area (Å²) in [5.74, 6) is -0.526. The van der Waals surface area contributed by atoms with Gasteiger partial charge in [0, 0.05) is 0 Å². The number of ether oxygens (including phenoxy) is 2. The van der Waals surface area contributed by atoms with Crippen LogP contribution in [0.3, 0.4) is 0 Å². The number of methoxy groups -OCH3 is 1. The second-order valence-electron chi connectivity index (χ2n) is 5.49. The van der Waals surface area contributed by atoms with E-state index in [1.165, 1.54) is 7.11 Å². The number of para-hydroxylation sites is 1. The minimum absolute atomic E-state index is 0.126. The minimum atomic E-state index is -1.38. The van der Waals surface area contributed by atoms with Crippen LogP contribution in [0, 0.1) is 22.2 Å². The van der Waals surface area contributed by atoms with Crippen LogP contribution in [0.2, 0.25) is 0 Å². The molecular weight excluding hydrogens is 258 g/mol. The molecule has 0 N–H and O–H groups in total. The van der Waals surface area contributed by atoms with Gasteiger partial charge in [-0.15, -0.1) is 0 Å². The quantitative estimate of drug-likeness (QED) is 0.574. The standard InChI is InChI=1S/C15H13NO4/c1-14(8-16)7-15(13(18)19-2)11(17)9-5-3-4-6-10(9)20-12(14)15/h3-6,12H,7H2,1-2H3. The van der Waals surface area contributed by atoms with Crippen molar-refractivity contribution in [3.63, 3.8) is 0 Å². The number of Topliss-reactive ketones (excluding diaryl/α,β-unsaturated/α-hetero) is 1. The Kier molecular flexibility index (Phi) is 2.42. The first-order chi connectivity index (χ1) is 9.49. The number of nitrogens with zero attached hydrogens (tertiary/aromatic N) is 1. The first kappa shape index (κ1) is 12.7. The maximum atomic E-state index is 12.7. The van der Waals surface area contributed by atoms with Gasteiger partial charge in [0.15, 0.2) is 11.2 Å². The molecule has 0 radical (unpaired) electrons. The van der Waals surface area contributed by atoms with E-state index in [4.69, 9.17) is 9.47 Å². The lowest BCUT2D eigenvalue weighted by molar-refractivity contribution is -0.180. The van der Waals surface area contributed by atoms with Crippen LogP contribution in [0.15, 0.2) is 24.3 Å². The predicted molar refractivity (Wildman–Crippen MR) is 68.0 cm³/mol. The second kappa shape index (κ2) is 3.83. The summed E-state index contributed by atoms with van der Waals surface area (Å²) in [6.45, 7) is 1.69. The molecule has 1 aromatic rings. The van der Waals surface area contributed by atoms with Crippen LogP contribution in [-0.4, -0.2) is 25.0 Å². The normalized spacial score (nSPS) is 33.9. The highest BCUT2D eigenvalue weighted by molar-refractivity contribution is 6.16. The van der Waals surface area contributed by atoms with Gasteiger partial charge < -0.3 is 9.47 Å². The van der Waals surface area contributed by atoms with Crippen molar-refractivity contribution in [3.05, 3.63) is 29.8 Å². The SMILES string of the molecule is COC(=O)C12CC(C)(C#N)C1Oc1ccccc1C2=O. The molecule has 3 unspecified atom stereocenters. The Morgan fingerprint density at radius 2 is 2.20 bits per heavy atom. The summed E-state index contributed by atoms with van der Waals surface area (Å²) in [4.78, 5) is 24.9. The van der Waals surface area contributed by atoms with Gasteiger partial charge in [-0.05, 0) is 25.5 Å². The summed E-state index contributed by atoms with van der Waals surface area (Å²) in [5, 5.41) is 9.29. The highest BCUT2D eigenvalue weighted by Gasteiger charge is 2.74. The third kappa shape index (κ3) is 1.26. The Bertz CT molecular complexity index is 662. The smallest absolute Gasteiger partial charge is 0.323 e. The molecule has 0 spiro atoms. The number of ketones is 1. The zero-order valence-electron chi connectivity index (χ0n) is 11.2. The van der Waals surface area contributed by atoms with E-state index in [0.717, 1.165) is 0 Å². The Balaban J connectivity index is 2.17. The van der Waals surface area contributed by atoms with Crippen molar-refractivity contribution in [2.24, 2.45) is 10.8 Å². The molecule has 0 saturated heterocycles. The second-order valence-corrected chi connectivity index (χ2v) is 5.49. The number of carbonyl (C=O) groups excluding carboxylic acids is 2. The predicted octanol–water partition coefficient (Wildman–Crippen LogP) is 1.72. The van der Waals surface area contributed by atoms with Crippen molar-refractivity contribution in [1.29, 1.82) is 5.26 Å². The van der Waals surface area contributed by atoms with Crippen LogP contribution < -0.4 is 4.74 Å². The van der Waals surface area contributed by atoms with Crippen molar-refractivity contribution >= 4 is 11.8 Å². The van der Waals surface area contributed by atoms with Gasteiger partial charge in [-0.1, -0.05) is 12.1 Å². The summed E-state index contributed by atoms with van der Waals surface area (Å²) in [6, 6.07) is 8.91. The van der Waals surface area contributed by atoms with Crippen LogP contribution in [-0.2, 0) is 9.53 Å². The summed E-state index contributed by atoms with van der Waals surface area (Å²) >= 11 is 0. The van der Waals surface area contributed by atoms with Crippen molar-refractivity contribution in [1.82, 2.24) is 0 Å². The van der Waals surface area contributed by atoms with E-state index in [-0.39, 0.29) is 12.2 Å². The van der Waals surface area contributed by atoms with Crippen LogP contribution in [0.1, 0.15) is 23.7 Å². The number of carbonyl (C=O) groups is 2. The van der Waals surface area contributed by atoms with Gasteiger partial charge in [-0.2, -0.15) is 5.26 Å². The largest absolute Gasteiger partial charge is 0.486 e. The maximum absolute atomic E-state index is 12.7. The van der Waals surface area contributed by atoms with Gasteiger partial charge in [-0.3, -0.25) is 9.59 Å². The first-order valence-electron chi connectivity index (χ1n) is 6.30. The fraction of sp³-hybridized carbons (Fsp3) is 0.400. The summed E-state index contributed by atoms with van der Waals surface area (Å²) in [6.07, 6.45) is -0.670. The van der Waals surface area contributed by atoms with Gasteiger partial charge in [0.2, 0.25) is 0 Å². The zero-order chi connectivity index (χ0) is 14.5. The Hall–Kier alpha value is -2.35. The summed E-state index contributed by atoms with van der Waals surface area (Å²) < 4.78 is 10.6. The van der Waals surface area contributed by atoms with Crippen molar-refractivity contribution < 1.29 is 19.1 Å². The lowest BCUT2D eigenvalue weighted by Gasteiger charge is -2.56. The lowest BCUT2D eigenvalue weighted by atomic mass is 9.48. The number of rotatable bonds is 1. The number of esters is 1. The van der Waals surface area contributed by atoms with E-state index in [9.17, 15) is 14.9 Å².